The molecule has 0 heterocycles. The fourth-order valence-electron chi connectivity index (χ4n) is 0.434. The highest BCUT2D eigenvalue weighted by molar-refractivity contribution is 5.53. The third-order valence-corrected chi connectivity index (χ3v) is 0.907. The molecular weight excluding hydrogens is 74.1 g/mol. The van der Waals surface area contributed by atoms with Gasteiger partial charge in [-0.25, -0.2) is 0 Å². The summed E-state index contributed by atoms with van der Waals surface area (Å²) in [6.07, 6.45) is 4.53. The molecule has 0 radical (unpaired) electrons. The molecule has 0 atom stereocenters. The van der Waals surface area contributed by atoms with Gasteiger partial charge in [0.1, 0.15) is 0 Å². The second-order valence-electron chi connectivity index (χ2n) is 1.64. The molecule has 0 saturated heterocycles. The van der Waals surface area contributed by atoms with Crippen molar-refractivity contribution in [1.82, 2.24) is 0 Å². The van der Waals surface area contributed by atoms with Gasteiger partial charge in [0.2, 0.25) is 0 Å². The standard InChI is InChI=1S/C5H9N/c1-2-6-5-3-4-5/h2,5H,3-4H2,1H3/b6-2+. The minimum Gasteiger partial charge on any atom is -0.295 e. The molecule has 0 aromatic rings. The predicted molar refractivity (Wildman–Crippen MR) is 27.2 cm³/mol. The quantitative estimate of drug-likeness (QED) is 0.423. The van der Waals surface area contributed by atoms with Gasteiger partial charge in [0.15, 0.2) is 0 Å². The molecule has 0 bridgehead atoms. The highest BCUT2D eigenvalue weighted by atomic mass is 14.8. The first-order chi connectivity index (χ1) is 2.93. The smallest absolute Gasteiger partial charge is 0.0497 e. The van der Waals surface area contributed by atoms with E-state index in [4.69, 9.17) is 0 Å². The van der Waals surface area contributed by atoms with Crippen molar-refractivity contribution in [2.45, 2.75) is 25.8 Å². The minimum atomic E-state index is 0.718. The number of hydrogen-bond donors (Lipinski definition) is 0. The van der Waals surface area contributed by atoms with E-state index in [2.05, 4.69) is 4.99 Å². The lowest BCUT2D eigenvalue weighted by atomic mass is 10.7. The van der Waals surface area contributed by atoms with Crippen LogP contribution in [0.1, 0.15) is 19.8 Å². The Morgan fingerprint density at radius 1 is 1.67 bits per heavy atom. The van der Waals surface area contributed by atoms with Crippen molar-refractivity contribution in [2.75, 3.05) is 0 Å². The zero-order valence-electron chi connectivity index (χ0n) is 4.02. The van der Waals surface area contributed by atoms with Crippen molar-refractivity contribution >= 4 is 6.21 Å². The van der Waals surface area contributed by atoms with E-state index < -0.39 is 0 Å². The summed E-state index contributed by atoms with van der Waals surface area (Å²) in [4.78, 5) is 4.11. The van der Waals surface area contributed by atoms with Gasteiger partial charge >= 0.3 is 0 Å². The monoisotopic (exact) mass is 83.1 g/mol. The molecule has 1 aliphatic rings. The third-order valence-electron chi connectivity index (χ3n) is 0.907. The SMILES string of the molecule is C/C=N/C1CC1. The molecule has 1 saturated carbocycles. The molecule has 1 rings (SSSR count). The van der Waals surface area contributed by atoms with Crippen LogP contribution >= 0.6 is 0 Å². The summed E-state index contributed by atoms with van der Waals surface area (Å²) in [5.74, 6) is 0. The van der Waals surface area contributed by atoms with E-state index in [-0.39, 0.29) is 0 Å². The van der Waals surface area contributed by atoms with Gasteiger partial charge in [-0.1, -0.05) is 0 Å². The van der Waals surface area contributed by atoms with E-state index in [9.17, 15) is 0 Å². The molecule has 0 unspecified atom stereocenters. The Kier molecular flexibility index (Phi) is 0.906. The first-order valence-electron chi connectivity index (χ1n) is 2.41. The Labute approximate surface area is 38.1 Å². The maximum atomic E-state index is 4.11. The lowest BCUT2D eigenvalue weighted by molar-refractivity contribution is 1.07. The molecule has 0 N–H and O–H groups in total. The van der Waals surface area contributed by atoms with Crippen molar-refractivity contribution in [2.24, 2.45) is 4.99 Å². The molecule has 1 aliphatic carbocycles. The highest BCUT2D eigenvalue weighted by Gasteiger charge is 2.17. The van der Waals surface area contributed by atoms with Crippen LogP contribution in [0.3, 0.4) is 0 Å². The van der Waals surface area contributed by atoms with E-state index in [0.29, 0.717) is 0 Å². The Bertz CT molecular complexity index is 62.3. The predicted octanol–water partition coefficient (Wildman–Crippen LogP) is 1.24. The van der Waals surface area contributed by atoms with Gasteiger partial charge in [0.25, 0.3) is 0 Å². The molecule has 0 spiro atoms. The molecule has 0 aliphatic heterocycles. The second-order valence-corrected chi connectivity index (χ2v) is 1.64. The van der Waals surface area contributed by atoms with Gasteiger partial charge in [0.05, 0.1) is 0 Å². The van der Waals surface area contributed by atoms with Crippen LogP contribution in [0.25, 0.3) is 0 Å². The fraction of sp³-hybridized carbons (Fsp3) is 0.800. The van der Waals surface area contributed by atoms with Crippen LogP contribution < -0.4 is 0 Å². The van der Waals surface area contributed by atoms with Crippen LogP contribution in [0.5, 0.6) is 0 Å². The minimum absolute atomic E-state index is 0.718. The number of aliphatic imine (C=N–C) groups is 1. The Balaban J connectivity index is 2.15. The molecule has 6 heavy (non-hydrogen) atoms. The summed E-state index contributed by atoms with van der Waals surface area (Å²) in [6, 6.07) is 0.718. The van der Waals surface area contributed by atoms with Crippen molar-refractivity contribution in [3.05, 3.63) is 0 Å². The Hall–Kier alpha value is -0.330. The molecule has 0 aromatic carbocycles. The summed E-state index contributed by atoms with van der Waals surface area (Å²) in [5.41, 5.74) is 0. The molecule has 1 fully saturated rings. The number of rotatable bonds is 1. The molecule has 34 valence electrons. The van der Waals surface area contributed by atoms with E-state index in [1.165, 1.54) is 12.8 Å². The highest BCUT2D eigenvalue weighted by Crippen LogP contribution is 2.22. The van der Waals surface area contributed by atoms with Crippen LogP contribution in [-0.4, -0.2) is 12.3 Å². The van der Waals surface area contributed by atoms with E-state index in [1.54, 1.807) is 0 Å². The van der Waals surface area contributed by atoms with E-state index >= 15 is 0 Å². The van der Waals surface area contributed by atoms with Crippen LogP contribution in [0.15, 0.2) is 4.99 Å². The molecule has 1 nitrogen and oxygen atoms in total. The largest absolute Gasteiger partial charge is 0.295 e. The summed E-state index contributed by atoms with van der Waals surface area (Å²) in [7, 11) is 0. The Morgan fingerprint density at radius 2 is 2.33 bits per heavy atom. The maximum absolute atomic E-state index is 4.11. The van der Waals surface area contributed by atoms with Gasteiger partial charge in [-0.2, -0.15) is 0 Å². The average molecular weight is 83.1 g/mol. The zero-order chi connectivity index (χ0) is 4.41. The number of nitrogens with zero attached hydrogens (tertiary/aromatic N) is 1. The van der Waals surface area contributed by atoms with E-state index in [1.807, 2.05) is 13.1 Å². The first-order valence-corrected chi connectivity index (χ1v) is 2.41. The summed E-state index contributed by atoms with van der Waals surface area (Å²) in [6.45, 7) is 1.97. The van der Waals surface area contributed by atoms with E-state index in [0.717, 1.165) is 6.04 Å². The summed E-state index contributed by atoms with van der Waals surface area (Å²) < 4.78 is 0. The second kappa shape index (κ2) is 1.41. The van der Waals surface area contributed by atoms with Crippen LogP contribution in [0, 0.1) is 0 Å². The number of hydrogen-bond acceptors (Lipinski definition) is 1. The van der Waals surface area contributed by atoms with Crippen molar-refractivity contribution in [3.8, 4) is 0 Å². The van der Waals surface area contributed by atoms with Crippen LogP contribution in [0.4, 0.5) is 0 Å². The summed E-state index contributed by atoms with van der Waals surface area (Å²) in [5, 5.41) is 0. The van der Waals surface area contributed by atoms with Gasteiger partial charge in [-0.05, 0) is 26.0 Å². The third kappa shape index (κ3) is 0.814. The maximum Gasteiger partial charge on any atom is 0.0497 e. The fourth-order valence-corrected chi connectivity index (χ4v) is 0.434. The average Bonchev–Trinajstić information content (AvgIpc) is 2.21. The first kappa shape index (κ1) is 3.85. The van der Waals surface area contributed by atoms with Gasteiger partial charge in [0, 0.05) is 6.04 Å². The van der Waals surface area contributed by atoms with Crippen LogP contribution in [-0.2, 0) is 0 Å². The Morgan fingerprint density at radius 3 is 2.50 bits per heavy atom. The molecule has 0 amide bonds. The van der Waals surface area contributed by atoms with Gasteiger partial charge in [-0.3, -0.25) is 4.99 Å². The van der Waals surface area contributed by atoms with Gasteiger partial charge in [-0.15, -0.1) is 0 Å². The van der Waals surface area contributed by atoms with Crippen molar-refractivity contribution in [3.63, 3.8) is 0 Å². The molecule has 0 aromatic heterocycles. The van der Waals surface area contributed by atoms with Crippen LogP contribution in [0.2, 0.25) is 0 Å². The zero-order valence-corrected chi connectivity index (χ0v) is 4.02. The topological polar surface area (TPSA) is 12.4 Å². The lowest BCUT2D eigenvalue weighted by Gasteiger charge is -1.72. The van der Waals surface area contributed by atoms with Crippen molar-refractivity contribution in [1.29, 1.82) is 0 Å². The molecular formula is C5H9N. The normalized spacial score (nSPS) is 22.8. The van der Waals surface area contributed by atoms with Crippen molar-refractivity contribution < 1.29 is 0 Å². The summed E-state index contributed by atoms with van der Waals surface area (Å²) >= 11 is 0. The van der Waals surface area contributed by atoms with Gasteiger partial charge < -0.3 is 0 Å². The molecule has 1 heteroatoms. The lowest BCUT2D eigenvalue weighted by Crippen LogP contribution is -1.69.